The van der Waals surface area contributed by atoms with E-state index in [9.17, 15) is 13.2 Å². The van der Waals surface area contributed by atoms with Crippen LogP contribution in [0.4, 0.5) is 30.5 Å². The zero-order valence-corrected chi connectivity index (χ0v) is 17.2. The van der Waals surface area contributed by atoms with Gasteiger partial charge in [-0.25, -0.2) is 4.98 Å². The number of anilines is 2. The average Bonchev–Trinajstić information content (AvgIpc) is 3.50. The summed E-state index contributed by atoms with van der Waals surface area (Å²) in [6, 6.07) is 2.77. The highest BCUT2D eigenvalue weighted by Gasteiger charge is 2.49. The number of pyridine rings is 1. The molecule has 0 aromatic carbocycles. The normalized spacial score (nSPS) is 23.8. The van der Waals surface area contributed by atoms with Crippen molar-refractivity contribution in [3.8, 4) is 0 Å². The molecule has 3 fully saturated rings. The SMILES string of the molecule is FC(F)(F)c1cc(N2CC3(CCN(c4cnc5c(n4)/[N+](=C4/CCOC4)N=C5)C3)C2)ccn1. The molecule has 1 spiro atoms. The van der Waals surface area contributed by atoms with Crippen molar-refractivity contribution >= 4 is 29.2 Å². The maximum atomic E-state index is 13.0. The van der Waals surface area contributed by atoms with Crippen LogP contribution in [0.15, 0.2) is 29.6 Å². The zero-order valence-electron chi connectivity index (χ0n) is 17.2. The predicted octanol–water partition coefficient (Wildman–Crippen LogP) is 2.46. The smallest absolute Gasteiger partial charge is 0.373 e. The minimum atomic E-state index is -4.44. The Morgan fingerprint density at radius 1 is 1.12 bits per heavy atom. The number of fused-ring (bicyclic) bond motifs is 1. The molecule has 0 aliphatic carbocycles. The number of hydrogen-bond donors (Lipinski definition) is 0. The maximum absolute atomic E-state index is 13.0. The third-order valence-corrected chi connectivity index (χ3v) is 6.58. The van der Waals surface area contributed by atoms with Crippen LogP contribution < -0.4 is 9.80 Å². The molecule has 2 aromatic rings. The summed E-state index contributed by atoms with van der Waals surface area (Å²) in [4.78, 5) is 17.0. The van der Waals surface area contributed by atoms with Gasteiger partial charge in [0.25, 0.3) is 5.82 Å². The highest BCUT2D eigenvalue weighted by molar-refractivity contribution is 5.88. The number of alkyl halides is 3. The Kier molecular flexibility index (Phi) is 4.26. The molecule has 166 valence electrons. The number of hydrogen-bond acceptors (Lipinski definition) is 7. The first-order chi connectivity index (χ1) is 15.4. The summed E-state index contributed by atoms with van der Waals surface area (Å²) >= 11 is 0. The second-order valence-electron chi connectivity index (χ2n) is 8.79. The molecule has 32 heavy (non-hydrogen) atoms. The van der Waals surface area contributed by atoms with Gasteiger partial charge in [-0.2, -0.15) is 13.2 Å². The summed E-state index contributed by atoms with van der Waals surface area (Å²) in [5.41, 5.74) is 1.59. The van der Waals surface area contributed by atoms with E-state index in [4.69, 9.17) is 9.72 Å². The number of ether oxygens (including phenoxy) is 1. The van der Waals surface area contributed by atoms with E-state index < -0.39 is 11.9 Å². The third-order valence-electron chi connectivity index (χ3n) is 6.58. The molecule has 8 nitrogen and oxygen atoms in total. The Morgan fingerprint density at radius 2 is 1.97 bits per heavy atom. The van der Waals surface area contributed by atoms with Gasteiger partial charge < -0.3 is 14.5 Å². The lowest BCUT2D eigenvalue weighted by atomic mass is 9.79. The van der Waals surface area contributed by atoms with Gasteiger partial charge in [0.05, 0.1) is 12.8 Å². The molecule has 11 heteroatoms. The largest absolute Gasteiger partial charge is 0.433 e. The van der Waals surface area contributed by atoms with Crippen molar-refractivity contribution < 1.29 is 22.6 Å². The number of hydrazone groups is 1. The van der Waals surface area contributed by atoms with E-state index in [1.165, 1.54) is 6.20 Å². The molecule has 3 saturated heterocycles. The lowest BCUT2D eigenvalue weighted by Gasteiger charge is -2.49. The summed E-state index contributed by atoms with van der Waals surface area (Å²) in [7, 11) is 0. The minimum absolute atomic E-state index is 0.0482. The third kappa shape index (κ3) is 3.22. The van der Waals surface area contributed by atoms with Gasteiger partial charge in [-0.1, -0.05) is 9.79 Å². The number of nitrogens with zero attached hydrogens (tertiary/aromatic N) is 7. The Bertz CT molecular complexity index is 1130. The van der Waals surface area contributed by atoms with Crippen LogP contribution in [-0.4, -0.2) is 71.0 Å². The molecule has 0 unspecified atom stereocenters. The molecule has 4 aliphatic heterocycles. The summed E-state index contributed by atoms with van der Waals surface area (Å²) < 4.78 is 46.2. The quantitative estimate of drug-likeness (QED) is 0.663. The van der Waals surface area contributed by atoms with Crippen molar-refractivity contribution in [2.45, 2.75) is 19.0 Å². The lowest BCUT2D eigenvalue weighted by Crippen LogP contribution is -2.57. The number of aromatic nitrogens is 3. The van der Waals surface area contributed by atoms with Crippen LogP contribution in [0.3, 0.4) is 0 Å². The van der Waals surface area contributed by atoms with Crippen LogP contribution in [0.1, 0.15) is 24.2 Å². The highest BCUT2D eigenvalue weighted by Crippen LogP contribution is 2.43. The molecule has 2 aromatic heterocycles. The Balaban J connectivity index is 1.17. The molecular weight excluding hydrogens is 423 g/mol. The van der Waals surface area contributed by atoms with Crippen molar-refractivity contribution in [2.24, 2.45) is 10.5 Å². The molecule has 0 radical (unpaired) electrons. The van der Waals surface area contributed by atoms with Crippen LogP contribution in [0.25, 0.3) is 0 Å². The first kappa shape index (κ1) is 19.6. The summed E-state index contributed by atoms with van der Waals surface area (Å²) in [6.07, 6.45) is 2.08. The van der Waals surface area contributed by atoms with Gasteiger partial charge in [0.15, 0.2) is 5.69 Å². The highest BCUT2D eigenvalue weighted by atomic mass is 19.4. The molecule has 0 atom stereocenters. The first-order valence-electron chi connectivity index (χ1n) is 10.6. The maximum Gasteiger partial charge on any atom is 0.433 e. The molecule has 6 rings (SSSR count). The Morgan fingerprint density at radius 3 is 2.75 bits per heavy atom. The van der Waals surface area contributed by atoms with E-state index in [1.54, 1.807) is 18.5 Å². The number of rotatable bonds is 2. The van der Waals surface area contributed by atoms with E-state index in [1.807, 2.05) is 9.58 Å². The molecule has 0 N–H and O–H groups in total. The Hall–Kier alpha value is -3.08. The van der Waals surface area contributed by atoms with Crippen molar-refractivity contribution in [3.05, 3.63) is 35.9 Å². The fourth-order valence-electron chi connectivity index (χ4n) is 4.90. The van der Waals surface area contributed by atoms with E-state index in [-0.39, 0.29) is 5.41 Å². The summed E-state index contributed by atoms with van der Waals surface area (Å²) in [6.45, 7) is 4.31. The van der Waals surface area contributed by atoms with Gasteiger partial charge in [0, 0.05) is 49.9 Å². The molecule has 4 aliphatic rings. The van der Waals surface area contributed by atoms with E-state index in [0.717, 1.165) is 55.0 Å². The van der Waals surface area contributed by atoms with Gasteiger partial charge in [0.2, 0.25) is 0 Å². The monoisotopic (exact) mass is 444 g/mol. The average molecular weight is 444 g/mol. The van der Waals surface area contributed by atoms with E-state index in [2.05, 4.69) is 20.0 Å². The van der Waals surface area contributed by atoms with Crippen LogP contribution >= 0.6 is 0 Å². The zero-order chi connectivity index (χ0) is 21.9. The summed E-state index contributed by atoms with van der Waals surface area (Å²) in [5.74, 6) is 1.54. The first-order valence-corrected chi connectivity index (χ1v) is 10.6. The molecular formula is C21H21F3N7O+. The minimum Gasteiger partial charge on any atom is -0.373 e. The van der Waals surface area contributed by atoms with Crippen molar-refractivity contribution in [1.29, 1.82) is 0 Å². The van der Waals surface area contributed by atoms with Crippen LogP contribution in [-0.2, 0) is 10.9 Å². The number of halogens is 3. The van der Waals surface area contributed by atoms with Gasteiger partial charge >= 0.3 is 12.0 Å². The standard InChI is InChI=1S/C21H21F3N7O/c22-21(23,24)17-7-14(1-4-25-17)30-12-20(13-30)3-5-29(11-20)18-9-26-16-8-27-31(19(16)28-18)15-2-6-32-10-15/h1,4,7-9H,2-3,5-6,10-13H2/q+1/b31-15+. The second kappa shape index (κ2) is 6.96. The van der Waals surface area contributed by atoms with Crippen molar-refractivity contribution in [2.75, 3.05) is 49.2 Å². The van der Waals surface area contributed by atoms with Crippen LogP contribution in [0.2, 0.25) is 0 Å². The van der Waals surface area contributed by atoms with Crippen molar-refractivity contribution in [1.82, 2.24) is 15.0 Å². The molecule has 6 heterocycles. The van der Waals surface area contributed by atoms with E-state index >= 15 is 0 Å². The van der Waals surface area contributed by atoms with Crippen LogP contribution in [0.5, 0.6) is 0 Å². The second-order valence-corrected chi connectivity index (χ2v) is 8.79. The predicted molar refractivity (Wildman–Crippen MR) is 111 cm³/mol. The molecule has 0 bridgehead atoms. The fraction of sp³-hybridized carbons (Fsp3) is 0.476. The summed E-state index contributed by atoms with van der Waals surface area (Å²) in [5, 5.41) is 4.43. The fourth-order valence-corrected chi connectivity index (χ4v) is 4.90. The van der Waals surface area contributed by atoms with E-state index in [0.29, 0.717) is 32.0 Å². The topological polar surface area (TPSA) is 69.8 Å². The van der Waals surface area contributed by atoms with Gasteiger partial charge in [-0.05, 0) is 23.5 Å². The molecule has 0 amide bonds. The van der Waals surface area contributed by atoms with Crippen LogP contribution in [0, 0.1) is 5.41 Å². The van der Waals surface area contributed by atoms with Gasteiger partial charge in [0.1, 0.15) is 24.2 Å². The van der Waals surface area contributed by atoms with Gasteiger partial charge in [-0.3, -0.25) is 4.98 Å². The lowest BCUT2D eigenvalue weighted by molar-refractivity contribution is -0.446. The van der Waals surface area contributed by atoms with Crippen molar-refractivity contribution in [3.63, 3.8) is 0 Å². The Labute approximate surface area is 182 Å². The molecule has 0 saturated carbocycles. The van der Waals surface area contributed by atoms with Gasteiger partial charge in [-0.15, -0.1) is 0 Å².